The van der Waals surface area contributed by atoms with E-state index in [0.29, 0.717) is 24.9 Å². The molecule has 0 amide bonds. The number of rotatable bonds is 5. The number of sulfonamides is 1. The van der Waals surface area contributed by atoms with Crippen LogP contribution in [-0.4, -0.2) is 44.7 Å². The fourth-order valence-electron chi connectivity index (χ4n) is 2.58. The number of nitrogens with one attached hydrogen (secondary N) is 1. The highest BCUT2D eigenvalue weighted by Crippen LogP contribution is 2.14. The number of aromatic nitrogens is 2. The third-order valence-corrected chi connectivity index (χ3v) is 5.38. The standard InChI is InChI=1S/C17H22N4O3S/c1-13-3-5-16(6-4-13)25(22,23)18-12-15-11-14(2)19-17(20-15)21-7-9-24-10-8-21/h3-6,11,18H,7-10,12H2,1-2H3. The lowest BCUT2D eigenvalue weighted by Gasteiger charge is -2.27. The molecular weight excluding hydrogens is 340 g/mol. The van der Waals surface area contributed by atoms with Gasteiger partial charge < -0.3 is 9.64 Å². The van der Waals surface area contributed by atoms with Gasteiger partial charge in [-0.2, -0.15) is 0 Å². The topological polar surface area (TPSA) is 84.4 Å². The van der Waals surface area contributed by atoms with Crippen LogP contribution in [0.1, 0.15) is 17.0 Å². The summed E-state index contributed by atoms with van der Waals surface area (Å²) in [5.74, 6) is 0.618. The molecule has 0 unspecified atom stereocenters. The Morgan fingerprint density at radius 3 is 2.48 bits per heavy atom. The van der Waals surface area contributed by atoms with E-state index in [9.17, 15) is 8.42 Å². The Balaban J connectivity index is 1.74. The molecule has 1 N–H and O–H groups in total. The maximum atomic E-state index is 12.4. The van der Waals surface area contributed by atoms with Crippen LogP contribution < -0.4 is 9.62 Å². The van der Waals surface area contributed by atoms with E-state index in [4.69, 9.17) is 4.74 Å². The first-order valence-electron chi connectivity index (χ1n) is 8.18. The largest absolute Gasteiger partial charge is 0.378 e. The molecule has 1 aromatic heterocycles. The number of ether oxygens (including phenoxy) is 1. The second kappa shape index (κ2) is 7.47. The monoisotopic (exact) mass is 362 g/mol. The Hall–Kier alpha value is -2.03. The zero-order chi connectivity index (χ0) is 17.9. The van der Waals surface area contributed by atoms with Crippen LogP contribution in [0.2, 0.25) is 0 Å². The van der Waals surface area contributed by atoms with E-state index < -0.39 is 10.0 Å². The average molecular weight is 362 g/mol. The van der Waals surface area contributed by atoms with Crippen LogP contribution in [0.15, 0.2) is 35.2 Å². The minimum atomic E-state index is -3.57. The van der Waals surface area contributed by atoms with Crippen LogP contribution in [0.5, 0.6) is 0 Å². The number of aryl methyl sites for hydroxylation is 2. The predicted octanol–water partition coefficient (Wildman–Crippen LogP) is 1.41. The molecule has 2 aromatic rings. The zero-order valence-corrected chi connectivity index (χ0v) is 15.2. The maximum Gasteiger partial charge on any atom is 0.240 e. The van der Waals surface area contributed by atoms with Gasteiger partial charge in [0.05, 0.1) is 30.3 Å². The third kappa shape index (κ3) is 4.53. The van der Waals surface area contributed by atoms with Crippen molar-refractivity contribution in [3.05, 3.63) is 47.3 Å². The minimum absolute atomic E-state index is 0.122. The van der Waals surface area contributed by atoms with Crippen LogP contribution in [0.3, 0.4) is 0 Å². The molecule has 1 aromatic carbocycles. The quantitative estimate of drug-likeness (QED) is 0.866. The fourth-order valence-corrected chi connectivity index (χ4v) is 3.58. The molecule has 1 saturated heterocycles. The molecule has 0 atom stereocenters. The summed E-state index contributed by atoms with van der Waals surface area (Å²) in [6.07, 6.45) is 0. The van der Waals surface area contributed by atoms with Crippen molar-refractivity contribution in [1.29, 1.82) is 0 Å². The van der Waals surface area contributed by atoms with E-state index in [1.54, 1.807) is 30.3 Å². The van der Waals surface area contributed by atoms with Crippen molar-refractivity contribution >= 4 is 16.0 Å². The lowest BCUT2D eigenvalue weighted by atomic mass is 10.2. The number of morpholine rings is 1. The molecule has 7 nitrogen and oxygen atoms in total. The predicted molar refractivity (Wildman–Crippen MR) is 95.0 cm³/mol. The highest BCUT2D eigenvalue weighted by atomic mass is 32.2. The van der Waals surface area contributed by atoms with Gasteiger partial charge in [-0.15, -0.1) is 0 Å². The molecule has 0 spiro atoms. The van der Waals surface area contributed by atoms with Gasteiger partial charge in [-0.05, 0) is 32.0 Å². The van der Waals surface area contributed by atoms with Gasteiger partial charge in [0, 0.05) is 18.8 Å². The van der Waals surface area contributed by atoms with Gasteiger partial charge in [0.2, 0.25) is 16.0 Å². The van der Waals surface area contributed by atoms with Gasteiger partial charge >= 0.3 is 0 Å². The summed E-state index contributed by atoms with van der Waals surface area (Å²) in [6, 6.07) is 8.55. The first kappa shape index (κ1) is 17.8. The number of benzene rings is 1. The first-order valence-corrected chi connectivity index (χ1v) is 9.66. The molecule has 25 heavy (non-hydrogen) atoms. The summed E-state index contributed by atoms with van der Waals surface area (Å²) in [5, 5.41) is 0. The van der Waals surface area contributed by atoms with Crippen molar-refractivity contribution in [2.75, 3.05) is 31.2 Å². The molecule has 0 bridgehead atoms. The van der Waals surface area contributed by atoms with Crippen molar-refractivity contribution in [2.24, 2.45) is 0 Å². The Morgan fingerprint density at radius 2 is 1.80 bits per heavy atom. The number of nitrogens with zero attached hydrogens (tertiary/aromatic N) is 3. The van der Waals surface area contributed by atoms with Crippen molar-refractivity contribution in [3.8, 4) is 0 Å². The lowest BCUT2D eigenvalue weighted by molar-refractivity contribution is 0.122. The molecule has 2 heterocycles. The molecular formula is C17H22N4O3S. The summed E-state index contributed by atoms with van der Waals surface area (Å²) in [7, 11) is -3.57. The first-order chi connectivity index (χ1) is 11.9. The number of anilines is 1. The average Bonchev–Trinajstić information content (AvgIpc) is 2.61. The van der Waals surface area contributed by atoms with E-state index in [1.807, 2.05) is 13.8 Å². The zero-order valence-electron chi connectivity index (χ0n) is 14.4. The van der Waals surface area contributed by atoms with Gasteiger partial charge in [0.1, 0.15) is 0 Å². The van der Waals surface area contributed by atoms with Crippen molar-refractivity contribution in [1.82, 2.24) is 14.7 Å². The summed E-state index contributed by atoms with van der Waals surface area (Å²) < 4.78 is 32.8. The highest BCUT2D eigenvalue weighted by molar-refractivity contribution is 7.89. The SMILES string of the molecule is Cc1ccc(S(=O)(=O)NCc2cc(C)nc(N3CCOCC3)n2)cc1. The van der Waals surface area contributed by atoms with Crippen LogP contribution in [0.25, 0.3) is 0 Å². The Labute approximate surface area is 148 Å². The minimum Gasteiger partial charge on any atom is -0.378 e. The molecule has 8 heteroatoms. The Bertz CT molecular complexity index is 831. The summed E-state index contributed by atoms with van der Waals surface area (Å²) in [4.78, 5) is 11.2. The van der Waals surface area contributed by atoms with Crippen LogP contribution in [0, 0.1) is 13.8 Å². The second-order valence-electron chi connectivity index (χ2n) is 6.04. The van der Waals surface area contributed by atoms with Crippen molar-refractivity contribution in [2.45, 2.75) is 25.3 Å². The smallest absolute Gasteiger partial charge is 0.240 e. The molecule has 0 saturated carbocycles. The summed E-state index contributed by atoms with van der Waals surface area (Å²) in [6.45, 7) is 6.68. The van der Waals surface area contributed by atoms with Crippen LogP contribution >= 0.6 is 0 Å². The van der Waals surface area contributed by atoms with E-state index in [0.717, 1.165) is 24.3 Å². The Kier molecular flexibility index (Phi) is 5.31. The van der Waals surface area contributed by atoms with Gasteiger partial charge in [-0.1, -0.05) is 17.7 Å². The summed E-state index contributed by atoms with van der Waals surface area (Å²) in [5.41, 5.74) is 2.46. The maximum absolute atomic E-state index is 12.4. The van der Waals surface area contributed by atoms with E-state index in [-0.39, 0.29) is 11.4 Å². The molecule has 1 fully saturated rings. The van der Waals surface area contributed by atoms with Gasteiger partial charge in [0.15, 0.2) is 0 Å². The molecule has 3 rings (SSSR count). The molecule has 1 aliphatic heterocycles. The number of hydrogen-bond acceptors (Lipinski definition) is 6. The summed E-state index contributed by atoms with van der Waals surface area (Å²) >= 11 is 0. The van der Waals surface area contributed by atoms with Crippen molar-refractivity contribution < 1.29 is 13.2 Å². The van der Waals surface area contributed by atoms with E-state index >= 15 is 0 Å². The fraction of sp³-hybridized carbons (Fsp3) is 0.412. The lowest BCUT2D eigenvalue weighted by Crippen LogP contribution is -2.37. The van der Waals surface area contributed by atoms with E-state index in [2.05, 4.69) is 19.6 Å². The van der Waals surface area contributed by atoms with Crippen LogP contribution in [-0.2, 0) is 21.3 Å². The molecule has 1 aliphatic rings. The molecule has 0 aliphatic carbocycles. The Morgan fingerprint density at radius 1 is 1.12 bits per heavy atom. The van der Waals surface area contributed by atoms with Crippen molar-refractivity contribution in [3.63, 3.8) is 0 Å². The van der Waals surface area contributed by atoms with E-state index in [1.165, 1.54) is 0 Å². The number of hydrogen-bond donors (Lipinski definition) is 1. The third-order valence-electron chi connectivity index (χ3n) is 3.96. The van der Waals surface area contributed by atoms with Crippen LogP contribution in [0.4, 0.5) is 5.95 Å². The highest BCUT2D eigenvalue weighted by Gasteiger charge is 2.17. The van der Waals surface area contributed by atoms with Gasteiger partial charge in [0.25, 0.3) is 0 Å². The molecule has 0 radical (unpaired) electrons. The molecule has 134 valence electrons. The van der Waals surface area contributed by atoms with Gasteiger partial charge in [-0.25, -0.2) is 23.1 Å². The normalized spacial score (nSPS) is 15.4. The second-order valence-corrected chi connectivity index (χ2v) is 7.80. The van der Waals surface area contributed by atoms with Gasteiger partial charge in [-0.3, -0.25) is 0 Å².